The van der Waals surface area contributed by atoms with Crippen LogP contribution in [-0.4, -0.2) is 22.4 Å². The highest BCUT2D eigenvalue weighted by Crippen LogP contribution is 2.32. The Morgan fingerprint density at radius 2 is 1.83 bits per heavy atom. The Bertz CT molecular complexity index is 1240. The predicted molar refractivity (Wildman–Crippen MR) is 128 cm³/mol. The van der Waals surface area contributed by atoms with Crippen LogP contribution in [0.5, 0.6) is 0 Å². The SMILES string of the molecule is Cc1cccc(C(=O)Nc2ccc3nc(SCC(=O)c4ccc(Br)cc4)sc3c2)c1. The lowest BCUT2D eigenvalue weighted by molar-refractivity contribution is 0.101. The lowest BCUT2D eigenvalue weighted by Crippen LogP contribution is -2.11. The highest BCUT2D eigenvalue weighted by Gasteiger charge is 2.11. The number of carbonyl (C=O) groups is 2. The quantitative estimate of drug-likeness (QED) is 0.241. The summed E-state index contributed by atoms with van der Waals surface area (Å²) in [6, 6.07) is 20.5. The van der Waals surface area contributed by atoms with Crippen LogP contribution < -0.4 is 5.32 Å². The molecule has 0 spiro atoms. The lowest BCUT2D eigenvalue weighted by Gasteiger charge is -2.05. The fourth-order valence-electron chi connectivity index (χ4n) is 2.88. The Kier molecular flexibility index (Phi) is 6.32. The van der Waals surface area contributed by atoms with Gasteiger partial charge in [-0.25, -0.2) is 4.98 Å². The molecule has 4 aromatic rings. The molecule has 0 radical (unpaired) electrons. The first-order chi connectivity index (χ1) is 14.5. The van der Waals surface area contributed by atoms with Crippen molar-refractivity contribution in [1.82, 2.24) is 4.98 Å². The van der Waals surface area contributed by atoms with E-state index >= 15 is 0 Å². The van der Waals surface area contributed by atoms with Crippen molar-refractivity contribution in [1.29, 1.82) is 0 Å². The second-order valence-corrected chi connectivity index (χ2v) is 9.87. The van der Waals surface area contributed by atoms with E-state index in [-0.39, 0.29) is 11.7 Å². The van der Waals surface area contributed by atoms with Crippen molar-refractivity contribution in [3.05, 3.63) is 87.9 Å². The maximum atomic E-state index is 12.5. The summed E-state index contributed by atoms with van der Waals surface area (Å²) in [6.45, 7) is 1.96. The van der Waals surface area contributed by atoms with Crippen LogP contribution in [0, 0.1) is 6.92 Å². The number of thiazole rings is 1. The largest absolute Gasteiger partial charge is 0.322 e. The standard InChI is InChI=1S/C23H17BrN2O2S2/c1-14-3-2-4-16(11-14)22(28)25-18-9-10-19-21(12-18)30-23(26-19)29-13-20(27)15-5-7-17(24)8-6-15/h2-12H,13H2,1H3,(H,25,28). The molecule has 150 valence electrons. The monoisotopic (exact) mass is 496 g/mol. The van der Waals surface area contributed by atoms with E-state index in [0.717, 1.165) is 30.3 Å². The zero-order valence-electron chi connectivity index (χ0n) is 16.0. The van der Waals surface area contributed by atoms with Gasteiger partial charge in [0, 0.05) is 21.3 Å². The molecule has 0 aliphatic carbocycles. The Morgan fingerprint density at radius 1 is 1.03 bits per heavy atom. The number of hydrogen-bond donors (Lipinski definition) is 1. The zero-order chi connectivity index (χ0) is 21.1. The van der Waals surface area contributed by atoms with Crippen LogP contribution in [-0.2, 0) is 0 Å². The molecule has 0 fully saturated rings. The molecule has 1 N–H and O–H groups in total. The van der Waals surface area contributed by atoms with Gasteiger partial charge in [0.15, 0.2) is 10.1 Å². The Hall–Kier alpha value is -2.48. The first kappa shape index (κ1) is 20.8. The van der Waals surface area contributed by atoms with E-state index in [4.69, 9.17) is 0 Å². The average Bonchev–Trinajstić information content (AvgIpc) is 3.14. The topological polar surface area (TPSA) is 59.1 Å². The summed E-state index contributed by atoms with van der Waals surface area (Å²) in [5.41, 5.74) is 3.93. The third-order valence-electron chi connectivity index (χ3n) is 4.40. The van der Waals surface area contributed by atoms with Gasteiger partial charge in [0.25, 0.3) is 5.91 Å². The fraction of sp³-hybridized carbons (Fsp3) is 0.0870. The van der Waals surface area contributed by atoms with Gasteiger partial charge in [0.2, 0.25) is 0 Å². The van der Waals surface area contributed by atoms with Crippen molar-refractivity contribution in [2.45, 2.75) is 11.3 Å². The number of hydrogen-bond acceptors (Lipinski definition) is 5. The number of anilines is 1. The molecule has 7 heteroatoms. The third-order valence-corrected chi connectivity index (χ3v) is 7.09. The summed E-state index contributed by atoms with van der Waals surface area (Å²) < 4.78 is 2.75. The summed E-state index contributed by atoms with van der Waals surface area (Å²) in [7, 11) is 0. The van der Waals surface area contributed by atoms with Gasteiger partial charge in [-0.15, -0.1) is 11.3 Å². The zero-order valence-corrected chi connectivity index (χ0v) is 19.2. The average molecular weight is 497 g/mol. The molecule has 0 bridgehead atoms. The minimum Gasteiger partial charge on any atom is -0.322 e. The van der Waals surface area contributed by atoms with E-state index in [1.807, 2.05) is 67.6 Å². The smallest absolute Gasteiger partial charge is 0.255 e. The molecule has 1 heterocycles. The molecule has 30 heavy (non-hydrogen) atoms. The van der Waals surface area contributed by atoms with Crippen molar-refractivity contribution in [2.24, 2.45) is 0 Å². The first-order valence-corrected chi connectivity index (χ1v) is 11.8. The van der Waals surface area contributed by atoms with E-state index in [1.165, 1.54) is 23.1 Å². The Balaban J connectivity index is 1.44. The van der Waals surface area contributed by atoms with Gasteiger partial charge < -0.3 is 5.32 Å². The van der Waals surface area contributed by atoms with Crippen molar-refractivity contribution in [3.63, 3.8) is 0 Å². The third kappa shape index (κ3) is 4.98. The van der Waals surface area contributed by atoms with Gasteiger partial charge in [-0.2, -0.15) is 0 Å². The van der Waals surface area contributed by atoms with Crippen LogP contribution in [0.15, 0.2) is 75.5 Å². The fourth-order valence-corrected chi connectivity index (χ4v) is 5.15. The minimum absolute atomic E-state index is 0.0675. The number of fused-ring (bicyclic) bond motifs is 1. The number of nitrogens with zero attached hydrogens (tertiary/aromatic N) is 1. The van der Waals surface area contributed by atoms with Gasteiger partial charge >= 0.3 is 0 Å². The molecule has 0 saturated heterocycles. The molecule has 0 unspecified atom stereocenters. The summed E-state index contributed by atoms with van der Waals surface area (Å²) in [4.78, 5) is 29.4. The maximum Gasteiger partial charge on any atom is 0.255 e. The molecule has 4 nitrogen and oxygen atoms in total. The molecule has 1 aromatic heterocycles. The van der Waals surface area contributed by atoms with Crippen LogP contribution in [0.2, 0.25) is 0 Å². The Labute approximate surface area is 190 Å². The second-order valence-electron chi connectivity index (χ2n) is 6.70. The number of Topliss-reactive ketones (excluding diaryl/α,β-unsaturated/α-hetero) is 1. The van der Waals surface area contributed by atoms with E-state index in [0.29, 0.717) is 16.9 Å². The summed E-state index contributed by atoms with van der Waals surface area (Å²) in [5.74, 6) is 0.258. The molecule has 1 amide bonds. The summed E-state index contributed by atoms with van der Waals surface area (Å²) in [6.07, 6.45) is 0. The van der Waals surface area contributed by atoms with Crippen molar-refractivity contribution < 1.29 is 9.59 Å². The number of aromatic nitrogens is 1. The molecule has 3 aromatic carbocycles. The normalized spacial score (nSPS) is 10.9. The van der Waals surface area contributed by atoms with E-state index in [2.05, 4.69) is 26.2 Å². The number of halogens is 1. The number of amides is 1. The number of carbonyl (C=O) groups excluding carboxylic acids is 2. The van der Waals surface area contributed by atoms with E-state index in [9.17, 15) is 9.59 Å². The number of nitrogens with one attached hydrogen (secondary N) is 1. The summed E-state index contributed by atoms with van der Waals surface area (Å²) in [5, 5.41) is 2.94. The van der Waals surface area contributed by atoms with Gasteiger partial charge in [0.1, 0.15) is 0 Å². The Morgan fingerprint density at radius 3 is 2.60 bits per heavy atom. The predicted octanol–water partition coefficient (Wildman–Crippen LogP) is 6.59. The molecule has 0 aliphatic rings. The van der Waals surface area contributed by atoms with Crippen LogP contribution in [0.1, 0.15) is 26.3 Å². The number of rotatable bonds is 6. The van der Waals surface area contributed by atoms with Crippen molar-refractivity contribution in [3.8, 4) is 0 Å². The van der Waals surface area contributed by atoms with Crippen molar-refractivity contribution >= 4 is 66.6 Å². The number of aryl methyl sites for hydroxylation is 1. The van der Waals surface area contributed by atoms with E-state index < -0.39 is 0 Å². The number of benzene rings is 3. The molecule has 0 saturated carbocycles. The van der Waals surface area contributed by atoms with Gasteiger partial charge in [-0.1, -0.05) is 57.5 Å². The highest BCUT2D eigenvalue weighted by atomic mass is 79.9. The van der Waals surface area contributed by atoms with Gasteiger partial charge in [0.05, 0.1) is 16.0 Å². The number of ketones is 1. The van der Waals surface area contributed by atoms with Crippen molar-refractivity contribution in [2.75, 3.05) is 11.1 Å². The van der Waals surface area contributed by atoms with Gasteiger partial charge in [-0.3, -0.25) is 9.59 Å². The van der Waals surface area contributed by atoms with Crippen LogP contribution in [0.4, 0.5) is 5.69 Å². The maximum absolute atomic E-state index is 12.5. The van der Waals surface area contributed by atoms with Gasteiger partial charge in [-0.05, 0) is 49.4 Å². The van der Waals surface area contributed by atoms with E-state index in [1.54, 1.807) is 6.07 Å². The molecular weight excluding hydrogens is 480 g/mol. The molecule has 4 rings (SSSR count). The highest BCUT2D eigenvalue weighted by molar-refractivity contribution is 9.10. The molecule has 0 atom stereocenters. The first-order valence-electron chi connectivity index (χ1n) is 9.18. The van der Waals surface area contributed by atoms with Crippen LogP contribution >= 0.6 is 39.0 Å². The molecular formula is C23H17BrN2O2S2. The van der Waals surface area contributed by atoms with Crippen LogP contribution in [0.3, 0.4) is 0 Å². The van der Waals surface area contributed by atoms with Crippen LogP contribution in [0.25, 0.3) is 10.2 Å². The second kappa shape index (κ2) is 9.12. The lowest BCUT2D eigenvalue weighted by atomic mass is 10.1. The minimum atomic E-state index is -0.141. The molecule has 0 aliphatic heterocycles. The summed E-state index contributed by atoms with van der Waals surface area (Å²) >= 11 is 6.32. The number of thioether (sulfide) groups is 1.